The molecule has 5 N–H and O–H groups in total. The number of primary amides is 1. The molecule has 1 aromatic heterocycles. The Morgan fingerprint density at radius 3 is 2.24 bits per heavy atom. The molecule has 3 aromatic rings. The van der Waals surface area contributed by atoms with E-state index in [0.717, 1.165) is 43.9 Å². The van der Waals surface area contributed by atoms with Crippen molar-refractivity contribution in [1.29, 1.82) is 0 Å². The van der Waals surface area contributed by atoms with Crippen molar-refractivity contribution < 1.29 is 38.6 Å². The molecule has 0 radical (unpaired) electrons. The van der Waals surface area contributed by atoms with Crippen LogP contribution in [0.3, 0.4) is 0 Å². The SMILES string of the molecule is COC(=O)c1ccc2cc(C(=O)N[C@H](CC3CCCCC3)C(=O)N3C[C@@H](n4nncc4C(C)(C)O)C[C@H]3C(=O)NC3(C(=O)C(N)=O)CCCCC3)ccc2c1. The van der Waals surface area contributed by atoms with E-state index in [9.17, 15) is 33.9 Å². The second kappa shape index (κ2) is 16.3. The van der Waals surface area contributed by atoms with Gasteiger partial charge < -0.3 is 31.1 Å². The van der Waals surface area contributed by atoms with Crippen LogP contribution >= 0.6 is 0 Å². The molecule has 6 rings (SSSR count). The van der Waals surface area contributed by atoms with E-state index in [1.54, 1.807) is 50.2 Å². The lowest BCUT2D eigenvalue weighted by Crippen LogP contribution is -2.62. The second-order valence-corrected chi connectivity index (χ2v) is 15.9. The minimum absolute atomic E-state index is 0.00959. The molecule has 2 aliphatic carbocycles. The van der Waals surface area contributed by atoms with E-state index in [4.69, 9.17) is 10.5 Å². The van der Waals surface area contributed by atoms with Gasteiger partial charge in [0, 0.05) is 18.5 Å². The average Bonchev–Trinajstić information content (AvgIpc) is 3.86. The van der Waals surface area contributed by atoms with Crippen molar-refractivity contribution >= 4 is 46.2 Å². The number of ketones is 1. The number of likely N-dealkylation sites (tertiary alicyclic amines) is 1. The molecule has 3 atom stereocenters. The Bertz CT molecular complexity index is 1960. The van der Waals surface area contributed by atoms with Gasteiger partial charge in [0.2, 0.25) is 17.6 Å². The first-order valence-electron chi connectivity index (χ1n) is 19.2. The van der Waals surface area contributed by atoms with Gasteiger partial charge in [-0.3, -0.25) is 24.0 Å². The summed E-state index contributed by atoms with van der Waals surface area (Å²) < 4.78 is 6.36. The Kier molecular flexibility index (Phi) is 11.7. The summed E-state index contributed by atoms with van der Waals surface area (Å²) in [6.07, 6.45) is 9.33. The number of benzene rings is 2. The van der Waals surface area contributed by atoms with Gasteiger partial charge in [-0.05, 0) is 74.1 Å². The summed E-state index contributed by atoms with van der Waals surface area (Å²) in [6, 6.07) is 7.39. The lowest BCUT2D eigenvalue weighted by atomic mass is 9.78. The largest absolute Gasteiger partial charge is 0.465 e. The van der Waals surface area contributed by atoms with Gasteiger partial charge in [-0.25, -0.2) is 9.48 Å². The first kappa shape index (κ1) is 39.5. The van der Waals surface area contributed by atoms with Gasteiger partial charge in [0.15, 0.2) is 0 Å². The molecule has 1 saturated heterocycles. The summed E-state index contributed by atoms with van der Waals surface area (Å²) in [5, 5.41) is 26.5. The van der Waals surface area contributed by atoms with Gasteiger partial charge in [-0.1, -0.05) is 68.7 Å². The Labute approximate surface area is 319 Å². The number of aliphatic hydroxyl groups is 1. The quantitative estimate of drug-likeness (QED) is 0.156. The molecule has 3 fully saturated rings. The molecule has 55 heavy (non-hydrogen) atoms. The summed E-state index contributed by atoms with van der Waals surface area (Å²) in [5.41, 5.74) is 3.73. The minimum Gasteiger partial charge on any atom is -0.465 e. The van der Waals surface area contributed by atoms with Crippen LogP contribution in [0.5, 0.6) is 0 Å². The third-order valence-corrected chi connectivity index (χ3v) is 11.6. The molecule has 1 aliphatic heterocycles. The van der Waals surface area contributed by atoms with Gasteiger partial charge in [0.25, 0.3) is 11.8 Å². The van der Waals surface area contributed by atoms with Crippen molar-refractivity contribution in [3.8, 4) is 0 Å². The van der Waals surface area contributed by atoms with Gasteiger partial charge in [-0.15, -0.1) is 5.10 Å². The van der Waals surface area contributed by atoms with Crippen LogP contribution in [-0.4, -0.2) is 91.7 Å². The summed E-state index contributed by atoms with van der Waals surface area (Å²) in [6.45, 7) is 3.19. The first-order valence-corrected chi connectivity index (χ1v) is 19.2. The number of fused-ring (bicyclic) bond motifs is 1. The van der Waals surface area contributed by atoms with Crippen LogP contribution in [0.4, 0.5) is 0 Å². The van der Waals surface area contributed by atoms with Crippen LogP contribution in [0.15, 0.2) is 42.6 Å². The van der Waals surface area contributed by atoms with Crippen LogP contribution in [0.2, 0.25) is 0 Å². The zero-order valence-electron chi connectivity index (χ0n) is 31.7. The topological polar surface area (TPSA) is 216 Å². The van der Waals surface area contributed by atoms with E-state index in [2.05, 4.69) is 20.9 Å². The first-order chi connectivity index (χ1) is 26.2. The predicted octanol–water partition coefficient (Wildman–Crippen LogP) is 3.23. The van der Waals surface area contributed by atoms with Gasteiger partial charge in [0.05, 0.1) is 30.6 Å². The number of hydrogen-bond acceptors (Lipinski definition) is 10. The number of nitrogens with zero attached hydrogens (tertiary/aromatic N) is 4. The van der Waals surface area contributed by atoms with E-state index in [-0.39, 0.29) is 31.7 Å². The average molecular weight is 758 g/mol. The van der Waals surface area contributed by atoms with Gasteiger partial charge >= 0.3 is 5.97 Å². The van der Waals surface area contributed by atoms with Crippen LogP contribution in [0.1, 0.15) is 123 Å². The van der Waals surface area contributed by atoms with E-state index in [1.807, 2.05) is 0 Å². The van der Waals surface area contributed by atoms with Gasteiger partial charge in [-0.2, -0.15) is 0 Å². The summed E-state index contributed by atoms with van der Waals surface area (Å²) in [4.78, 5) is 82.2. The van der Waals surface area contributed by atoms with E-state index in [0.29, 0.717) is 41.5 Å². The number of hydrogen-bond donors (Lipinski definition) is 4. The fourth-order valence-corrected chi connectivity index (χ4v) is 8.60. The van der Waals surface area contributed by atoms with Crippen molar-refractivity contribution in [2.75, 3.05) is 13.7 Å². The maximum atomic E-state index is 14.9. The number of nitrogens with two attached hydrogens (primary N) is 1. The monoisotopic (exact) mass is 757 g/mol. The summed E-state index contributed by atoms with van der Waals surface area (Å²) in [5.74, 6) is -3.86. The van der Waals surface area contributed by atoms with Crippen LogP contribution in [0, 0.1) is 5.92 Å². The van der Waals surface area contributed by atoms with E-state index >= 15 is 0 Å². The molecule has 4 amide bonds. The molecule has 3 aliphatic rings. The number of Topliss-reactive ketones (excluding diaryl/α,β-unsaturated/α-hetero) is 1. The zero-order valence-corrected chi connectivity index (χ0v) is 31.7. The van der Waals surface area contributed by atoms with Crippen molar-refractivity contribution in [1.82, 2.24) is 30.5 Å². The Balaban J connectivity index is 1.32. The van der Waals surface area contributed by atoms with E-state index < -0.39 is 64.6 Å². The molecule has 2 heterocycles. The smallest absolute Gasteiger partial charge is 0.337 e. The minimum atomic E-state index is -1.48. The number of esters is 1. The summed E-state index contributed by atoms with van der Waals surface area (Å²) >= 11 is 0. The molecule has 2 aromatic carbocycles. The highest BCUT2D eigenvalue weighted by atomic mass is 16.5. The molecule has 15 heteroatoms. The van der Waals surface area contributed by atoms with Crippen molar-refractivity contribution in [3.63, 3.8) is 0 Å². The fourth-order valence-electron chi connectivity index (χ4n) is 8.60. The number of nitrogens with one attached hydrogen (secondary N) is 2. The zero-order chi connectivity index (χ0) is 39.5. The molecule has 0 spiro atoms. The molecule has 15 nitrogen and oxygen atoms in total. The normalized spacial score (nSPS) is 20.8. The maximum Gasteiger partial charge on any atom is 0.337 e. The number of ether oxygens (including phenoxy) is 1. The van der Waals surface area contributed by atoms with Crippen molar-refractivity contribution in [2.24, 2.45) is 11.7 Å². The van der Waals surface area contributed by atoms with Crippen molar-refractivity contribution in [2.45, 2.75) is 120 Å². The Hall–Kier alpha value is -5.18. The fraction of sp³-hybridized carbons (Fsp3) is 0.550. The third-order valence-electron chi connectivity index (χ3n) is 11.6. The molecule has 294 valence electrons. The Morgan fingerprint density at radius 1 is 0.964 bits per heavy atom. The van der Waals surface area contributed by atoms with Crippen LogP contribution < -0.4 is 16.4 Å². The lowest BCUT2D eigenvalue weighted by Gasteiger charge is -2.38. The van der Waals surface area contributed by atoms with Gasteiger partial charge in [0.1, 0.15) is 23.2 Å². The highest BCUT2D eigenvalue weighted by molar-refractivity contribution is 6.39. The lowest BCUT2D eigenvalue weighted by molar-refractivity contribution is -0.145. The third kappa shape index (κ3) is 8.56. The maximum absolute atomic E-state index is 14.9. The highest BCUT2D eigenvalue weighted by Gasteiger charge is 2.49. The Morgan fingerprint density at radius 2 is 1.60 bits per heavy atom. The number of carbonyl (C=O) groups excluding carboxylic acids is 6. The number of rotatable bonds is 12. The molecule has 2 saturated carbocycles. The molecule has 0 bridgehead atoms. The number of carbonyl (C=O) groups is 6. The predicted molar refractivity (Wildman–Crippen MR) is 200 cm³/mol. The van der Waals surface area contributed by atoms with Crippen LogP contribution in [-0.2, 0) is 29.5 Å². The highest BCUT2D eigenvalue weighted by Crippen LogP contribution is 2.35. The van der Waals surface area contributed by atoms with E-state index in [1.165, 1.54) is 22.9 Å². The standard InChI is InChI=1S/C40H51N7O8/c1-39(2,54)32-22-42-45-47(32)29-21-31(36(51)44-40(33(48)34(41)49)16-8-5-9-17-40)46(23-29)37(52)30(18-24-10-6-4-7-11-24)43-35(50)27-14-12-26-20-28(38(53)55-3)15-13-25(26)19-27/h12-15,19-20,22,24,29-31,54H,4-11,16-18,21,23H2,1-3H3,(H2,41,49)(H,43,50)(H,44,51)/t29-,30+,31-/m0/s1. The second-order valence-electron chi connectivity index (χ2n) is 15.9. The number of methoxy groups -OCH3 is 1. The molecular formula is C40H51N7O8. The molecule has 0 unspecified atom stereocenters. The summed E-state index contributed by atoms with van der Waals surface area (Å²) in [7, 11) is 1.31. The molecular weight excluding hydrogens is 706 g/mol. The van der Waals surface area contributed by atoms with Crippen LogP contribution in [0.25, 0.3) is 10.8 Å². The number of aromatic nitrogens is 3. The number of amides is 4. The van der Waals surface area contributed by atoms with Crippen molar-refractivity contribution in [3.05, 3.63) is 59.4 Å².